The number of fused-ring (bicyclic) bond motifs is 3. The van der Waals surface area contributed by atoms with Gasteiger partial charge in [0.25, 0.3) is 0 Å². The van der Waals surface area contributed by atoms with Gasteiger partial charge in [0, 0.05) is 31.1 Å². The molecule has 1 N–H and O–H groups in total. The normalized spacial score (nSPS) is 17.6. The second-order valence-electron chi connectivity index (χ2n) is 7.99. The van der Waals surface area contributed by atoms with E-state index in [4.69, 9.17) is 4.98 Å². The second-order valence-corrected chi connectivity index (χ2v) is 11.0. The number of aromatic hydroxyl groups is 1. The zero-order valence-corrected chi connectivity index (χ0v) is 18.7. The number of thiophene rings is 1. The van der Waals surface area contributed by atoms with Crippen LogP contribution < -0.4 is 4.90 Å². The minimum absolute atomic E-state index is 0.0214. The minimum Gasteiger partial charge on any atom is -0.507 e. The van der Waals surface area contributed by atoms with Crippen molar-refractivity contribution < 1.29 is 13.5 Å². The van der Waals surface area contributed by atoms with Crippen LogP contribution in [0, 0.1) is 13.8 Å². The highest BCUT2D eigenvalue weighted by atomic mass is 32.2. The Morgan fingerprint density at radius 1 is 1.07 bits per heavy atom. The number of nitrogens with zero attached hydrogens (tertiary/aromatic N) is 4. The molecule has 3 aromatic rings. The van der Waals surface area contributed by atoms with Gasteiger partial charge in [-0.15, -0.1) is 11.3 Å². The summed E-state index contributed by atoms with van der Waals surface area (Å²) in [6, 6.07) is 4.67. The summed E-state index contributed by atoms with van der Waals surface area (Å²) in [5.41, 5.74) is 2.18. The summed E-state index contributed by atoms with van der Waals surface area (Å²) in [7, 11) is -3.74. The van der Waals surface area contributed by atoms with Gasteiger partial charge in [-0.2, -0.15) is 4.31 Å². The average molecular weight is 445 g/mol. The fraction of sp³-hybridized carbons (Fsp3) is 0.429. The van der Waals surface area contributed by atoms with Crippen molar-refractivity contribution >= 4 is 37.4 Å². The number of sulfonamides is 1. The molecule has 158 valence electrons. The van der Waals surface area contributed by atoms with E-state index in [1.54, 1.807) is 17.4 Å². The van der Waals surface area contributed by atoms with Crippen molar-refractivity contribution in [2.24, 2.45) is 0 Å². The van der Waals surface area contributed by atoms with Crippen LogP contribution in [0.4, 0.5) is 5.82 Å². The summed E-state index contributed by atoms with van der Waals surface area (Å²) in [5, 5.41) is 11.3. The van der Waals surface area contributed by atoms with E-state index in [9.17, 15) is 13.5 Å². The van der Waals surface area contributed by atoms with Crippen LogP contribution in [0.5, 0.6) is 5.75 Å². The Hall–Kier alpha value is -2.23. The highest BCUT2D eigenvalue weighted by Crippen LogP contribution is 2.41. The molecule has 1 aliphatic heterocycles. The second kappa shape index (κ2) is 7.18. The fourth-order valence-electron chi connectivity index (χ4n) is 4.42. The number of anilines is 1. The van der Waals surface area contributed by atoms with Crippen molar-refractivity contribution in [2.75, 3.05) is 31.1 Å². The first-order valence-corrected chi connectivity index (χ1v) is 12.4. The van der Waals surface area contributed by atoms with E-state index in [1.165, 1.54) is 33.3 Å². The van der Waals surface area contributed by atoms with Crippen LogP contribution in [0.25, 0.3) is 10.2 Å². The number of hydrogen-bond acceptors (Lipinski definition) is 7. The average Bonchev–Trinajstić information content (AvgIpc) is 3.30. The highest BCUT2D eigenvalue weighted by molar-refractivity contribution is 7.89. The van der Waals surface area contributed by atoms with Gasteiger partial charge in [0.05, 0.1) is 5.39 Å². The van der Waals surface area contributed by atoms with E-state index in [2.05, 4.69) is 9.88 Å². The third-order valence-corrected chi connectivity index (χ3v) is 9.04. The molecule has 5 rings (SSSR count). The van der Waals surface area contributed by atoms with Crippen LogP contribution >= 0.6 is 11.3 Å². The molecule has 0 spiro atoms. The maximum atomic E-state index is 13.1. The van der Waals surface area contributed by atoms with Crippen molar-refractivity contribution in [3.63, 3.8) is 0 Å². The van der Waals surface area contributed by atoms with E-state index in [-0.39, 0.29) is 10.6 Å². The van der Waals surface area contributed by atoms with E-state index >= 15 is 0 Å². The van der Waals surface area contributed by atoms with Crippen LogP contribution in [-0.4, -0.2) is 54.0 Å². The molecule has 3 heterocycles. The summed E-state index contributed by atoms with van der Waals surface area (Å²) in [5.74, 6) is 1.48. The van der Waals surface area contributed by atoms with Gasteiger partial charge < -0.3 is 10.0 Å². The molecule has 1 fully saturated rings. The van der Waals surface area contributed by atoms with Crippen molar-refractivity contribution in [3.05, 3.63) is 40.0 Å². The molecule has 0 unspecified atom stereocenters. The van der Waals surface area contributed by atoms with Crippen LogP contribution in [0.3, 0.4) is 0 Å². The van der Waals surface area contributed by atoms with Gasteiger partial charge in [-0.25, -0.2) is 18.4 Å². The first-order chi connectivity index (χ1) is 14.3. The lowest BCUT2D eigenvalue weighted by molar-refractivity contribution is 0.380. The zero-order chi connectivity index (χ0) is 21.0. The maximum Gasteiger partial charge on any atom is 0.246 e. The maximum absolute atomic E-state index is 13.1. The summed E-state index contributed by atoms with van der Waals surface area (Å²) in [6.45, 7) is 5.55. The molecule has 2 aliphatic rings. The van der Waals surface area contributed by atoms with Crippen molar-refractivity contribution in [3.8, 4) is 5.75 Å². The Bertz CT molecular complexity index is 1240. The first kappa shape index (κ1) is 19.7. The minimum atomic E-state index is -3.74. The predicted octanol–water partition coefficient (Wildman–Crippen LogP) is 3.01. The zero-order valence-electron chi connectivity index (χ0n) is 17.1. The predicted molar refractivity (Wildman–Crippen MR) is 118 cm³/mol. The Balaban J connectivity index is 1.44. The topological polar surface area (TPSA) is 86.6 Å². The molecular weight excluding hydrogens is 420 g/mol. The van der Waals surface area contributed by atoms with Crippen LogP contribution in [-0.2, 0) is 22.9 Å². The van der Waals surface area contributed by atoms with Gasteiger partial charge in [-0.1, -0.05) is 6.07 Å². The van der Waals surface area contributed by atoms with Crippen molar-refractivity contribution in [2.45, 2.75) is 38.0 Å². The largest absolute Gasteiger partial charge is 0.507 e. The molecule has 1 aromatic carbocycles. The van der Waals surface area contributed by atoms with Gasteiger partial charge in [-0.05, 0) is 56.4 Å². The van der Waals surface area contributed by atoms with Crippen molar-refractivity contribution in [1.82, 2.24) is 14.3 Å². The third kappa shape index (κ3) is 3.16. The van der Waals surface area contributed by atoms with E-state index in [0.717, 1.165) is 40.3 Å². The molecule has 1 aliphatic carbocycles. The van der Waals surface area contributed by atoms with Crippen LogP contribution in [0.1, 0.15) is 28.2 Å². The SMILES string of the molecule is Cc1ccc(O)c(S(=O)(=O)N2CCN(c3nc(C)nc4sc5c(c34)CCC5)CC2)c1. The molecule has 0 bridgehead atoms. The molecule has 7 nitrogen and oxygen atoms in total. The summed E-state index contributed by atoms with van der Waals surface area (Å²) in [4.78, 5) is 14.0. The monoisotopic (exact) mass is 444 g/mol. The first-order valence-electron chi connectivity index (χ1n) is 10.2. The molecule has 0 radical (unpaired) electrons. The molecule has 30 heavy (non-hydrogen) atoms. The van der Waals surface area contributed by atoms with Gasteiger partial charge >= 0.3 is 0 Å². The summed E-state index contributed by atoms with van der Waals surface area (Å²) in [6.07, 6.45) is 3.35. The number of rotatable bonds is 3. The number of hydrogen-bond donors (Lipinski definition) is 1. The molecule has 9 heteroatoms. The van der Waals surface area contributed by atoms with Gasteiger partial charge in [-0.3, -0.25) is 0 Å². The Morgan fingerprint density at radius 3 is 2.60 bits per heavy atom. The molecule has 0 atom stereocenters. The lowest BCUT2D eigenvalue weighted by Gasteiger charge is -2.35. The Kier molecular flexibility index (Phi) is 4.72. The van der Waals surface area contributed by atoms with Gasteiger partial charge in [0.15, 0.2) is 0 Å². The lowest BCUT2D eigenvalue weighted by atomic mass is 10.1. The molecule has 0 saturated carbocycles. The number of aromatic nitrogens is 2. The van der Waals surface area contributed by atoms with Gasteiger partial charge in [0.2, 0.25) is 10.0 Å². The summed E-state index contributed by atoms with van der Waals surface area (Å²) >= 11 is 1.77. The van der Waals surface area contributed by atoms with Crippen LogP contribution in [0.2, 0.25) is 0 Å². The number of aryl methyl sites for hydroxylation is 4. The summed E-state index contributed by atoms with van der Waals surface area (Å²) < 4.78 is 27.7. The Morgan fingerprint density at radius 2 is 1.83 bits per heavy atom. The highest BCUT2D eigenvalue weighted by Gasteiger charge is 2.32. The quantitative estimate of drug-likeness (QED) is 0.668. The molecule has 1 saturated heterocycles. The lowest BCUT2D eigenvalue weighted by Crippen LogP contribution is -2.49. The fourth-order valence-corrected chi connectivity index (χ4v) is 7.31. The Labute approximate surface area is 180 Å². The van der Waals surface area contributed by atoms with E-state index in [0.29, 0.717) is 26.2 Å². The smallest absolute Gasteiger partial charge is 0.246 e. The standard InChI is InChI=1S/C21H24N4O3S2/c1-13-6-7-16(26)18(12-13)30(27,28)25-10-8-24(9-11-25)20-19-15-4-3-5-17(15)29-21(19)23-14(2)22-20/h6-7,12,26H,3-5,8-11H2,1-2H3. The third-order valence-electron chi connectivity index (χ3n) is 5.93. The number of phenolic OH excluding ortho intramolecular Hbond substituents is 1. The van der Waals surface area contributed by atoms with E-state index < -0.39 is 10.0 Å². The molecular formula is C21H24N4O3S2. The molecule has 2 aromatic heterocycles. The van der Waals surface area contributed by atoms with Gasteiger partial charge in [0.1, 0.15) is 27.1 Å². The van der Waals surface area contributed by atoms with Crippen molar-refractivity contribution in [1.29, 1.82) is 0 Å². The van der Waals surface area contributed by atoms with Crippen LogP contribution in [0.15, 0.2) is 23.1 Å². The molecule has 0 amide bonds. The number of benzene rings is 1. The number of phenols is 1. The number of piperazine rings is 1. The van der Waals surface area contributed by atoms with E-state index in [1.807, 2.05) is 13.8 Å².